The van der Waals surface area contributed by atoms with E-state index in [2.05, 4.69) is 28.7 Å². The fourth-order valence-electron chi connectivity index (χ4n) is 6.19. The van der Waals surface area contributed by atoms with Gasteiger partial charge in [-0.05, 0) is 64.3 Å². The molecule has 0 amide bonds. The van der Waals surface area contributed by atoms with E-state index in [1.54, 1.807) is 0 Å². The highest BCUT2D eigenvalue weighted by atomic mass is 16.3. The summed E-state index contributed by atoms with van der Waals surface area (Å²) in [5, 5.41) is 10.0. The van der Waals surface area contributed by atoms with Crippen molar-refractivity contribution in [2.45, 2.75) is 64.1 Å². The molecule has 4 aliphatic rings. The van der Waals surface area contributed by atoms with Crippen LogP contribution in [0.2, 0.25) is 0 Å². The summed E-state index contributed by atoms with van der Waals surface area (Å²) in [7, 11) is 2.33. The van der Waals surface area contributed by atoms with Crippen molar-refractivity contribution < 1.29 is 5.11 Å². The number of nitrogens with zero attached hydrogens (tertiary/aromatic N) is 2. The number of aliphatic hydroxyl groups is 1. The van der Waals surface area contributed by atoms with Gasteiger partial charge in [-0.3, -0.25) is 4.90 Å². The zero-order chi connectivity index (χ0) is 16.0. The van der Waals surface area contributed by atoms with Crippen LogP contribution >= 0.6 is 0 Å². The van der Waals surface area contributed by atoms with Crippen LogP contribution in [0.5, 0.6) is 0 Å². The van der Waals surface area contributed by atoms with E-state index in [9.17, 15) is 5.11 Å². The fraction of sp³-hybridized carbons (Fsp3) is 0.900. The molecule has 3 fully saturated rings. The third-order valence-electron chi connectivity index (χ3n) is 7.39. The maximum atomic E-state index is 10.0. The lowest BCUT2D eigenvalue weighted by Crippen LogP contribution is -2.41. The second kappa shape index (κ2) is 6.06. The molecule has 2 heterocycles. The number of fused-ring (bicyclic) bond motifs is 2. The maximum absolute atomic E-state index is 10.0. The Hall–Kier alpha value is -0.560. The summed E-state index contributed by atoms with van der Waals surface area (Å²) in [6.07, 6.45) is 8.85. The highest BCUT2D eigenvalue weighted by Gasteiger charge is 2.56. The molecule has 128 valence electrons. The minimum absolute atomic E-state index is 0.290. The van der Waals surface area contributed by atoms with E-state index in [1.807, 2.05) is 6.92 Å². The monoisotopic (exact) mass is 316 g/mol. The van der Waals surface area contributed by atoms with Crippen molar-refractivity contribution in [2.75, 3.05) is 26.7 Å². The second-order valence-electron chi connectivity index (χ2n) is 8.70. The lowest BCUT2D eigenvalue weighted by atomic mass is 9.63. The molecule has 1 N–H and O–H groups in total. The van der Waals surface area contributed by atoms with E-state index in [-0.39, 0.29) is 6.23 Å². The molecule has 0 aromatic heterocycles. The standard InChI is InChI=1S/C20H32N2O/c1-15(23)22-11-10-20(14-22)13-21(2)19-9-8-17(12-18(19)20)16-6-4-3-5-7-16/h15-19,23H,3-4,6,8-14H2,1-2H3. The van der Waals surface area contributed by atoms with Crippen molar-refractivity contribution in [3.8, 4) is 11.8 Å². The third kappa shape index (κ3) is 2.73. The number of aliphatic hydroxyl groups excluding tert-OH is 1. The summed E-state index contributed by atoms with van der Waals surface area (Å²) < 4.78 is 0. The maximum Gasteiger partial charge on any atom is 0.104 e. The molecule has 0 radical (unpaired) electrons. The molecule has 0 bridgehead atoms. The van der Waals surface area contributed by atoms with Gasteiger partial charge in [-0.15, -0.1) is 5.92 Å². The van der Waals surface area contributed by atoms with E-state index in [0.717, 1.165) is 37.4 Å². The largest absolute Gasteiger partial charge is 0.379 e. The number of hydrogen-bond donors (Lipinski definition) is 1. The summed E-state index contributed by atoms with van der Waals surface area (Å²) in [6.45, 7) is 5.33. The Morgan fingerprint density at radius 3 is 2.78 bits per heavy atom. The predicted molar refractivity (Wildman–Crippen MR) is 92.7 cm³/mol. The molecule has 0 aromatic carbocycles. The first-order chi connectivity index (χ1) is 11.1. The van der Waals surface area contributed by atoms with Crippen LogP contribution in [0.25, 0.3) is 0 Å². The Labute approximate surface area is 141 Å². The highest BCUT2D eigenvalue weighted by Crippen LogP contribution is 2.54. The van der Waals surface area contributed by atoms with Gasteiger partial charge in [-0.1, -0.05) is 5.92 Å². The first-order valence-electron chi connectivity index (χ1n) is 9.70. The summed E-state index contributed by atoms with van der Waals surface area (Å²) in [4.78, 5) is 4.93. The molecule has 23 heavy (non-hydrogen) atoms. The molecule has 4 rings (SSSR count). The lowest BCUT2D eigenvalue weighted by molar-refractivity contribution is 0.0208. The van der Waals surface area contributed by atoms with E-state index < -0.39 is 0 Å². The second-order valence-corrected chi connectivity index (χ2v) is 8.70. The molecular weight excluding hydrogens is 284 g/mol. The van der Waals surface area contributed by atoms with Crippen molar-refractivity contribution in [1.82, 2.24) is 9.80 Å². The quantitative estimate of drug-likeness (QED) is 0.793. The number of hydrogen-bond acceptors (Lipinski definition) is 3. The van der Waals surface area contributed by atoms with Gasteiger partial charge in [0.1, 0.15) is 6.23 Å². The average molecular weight is 316 g/mol. The zero-order valence-corrected chi connectivity index (χ0v) is 14.8. The molecule has 3 heteroatoms. The SMILES string of the molecule is CC(O)N1CCC2(CN(C)C3CCC(C4C#CCCC4)CC32)C1. The Kier molecular flexibility index (Phi) is 4.20. The van der Waals surface area contributed by atoms with Crippen molar-refractivity contribution in [3.63, 3.8) is 0 Å². The smallest absolute Gasteiger partial charge is 0.104 e. The summed E-state index contributed by atoms with van der Waals surface area (Å²) in [6, 6.07) is 0.775. The normalized spacial score (nSPS) is 45.7. The van der Waals surface area contributed by atoms with Crippen LogP contribution in [0.1, 0.15) is 51.9 Å². The number of likely N-dealkylation sites (tertiary alicyclic amines) is 2. The molecule has 6 unspecified atom stereocenters. The van der Waals surface area contributed by atoms with Crippen LogP contribution in [0.15, 0.2) is 0 Å². The highest BCUT2D eigenvalue weighted by molar-refractivity contribution is 5.13. The van der Waals surface area contributed by atoms with Gasteiger partial charge in [0.25, 0.3) is 0 Å². The van der Waals surface area contributed by atoms with Crippen LogP contribution in [0.3, 0.4) is 0 Å². The van der Waals surface area contributed by atoms with Crippen LogP contribution in [0.4, 0.5) is 0 Å². The zero-order valence-electron chi connectivity index (χ0n) is 14.8. The van der Waals surface area contributed by atoms with Crippen LogP contribution in [-0.2, 0) is 0 Å². The summed E-state index contributed by atoms with van der Waals surface area (Å²) >= 11 is 0. The molecule has 6 atom stereocenters. The van der Waals surface area contributed by atoms with Crippen molar-refractivity contribution in [3.05, 3.63) is 0 Å². The van der Waals surface area contributed by atoms with Crippen LogP contribution in [-0.4, -0.2) is 53.9 Å². The summed E-state index contributed by atoms with van der Waals surface area (Å²) in [5.74, 6) is 9.27. The van der Waals surface area contributed by atoms with Gasteiger partial charge in [-0.25, -0.2) is 0 Å². The fourth-order valence-corrected chi connectivity index (χ4v) is 6.19. The Morgan fingerprint density at radius 1 is 1.22 bits per heavy atom. The van der Waals surface area contributed by atoms with Gasteiger partial charge in [0.15, 0.2) is 0 Å². The van der Waals surface area contributed by atoms with Crippen molar-refractivity contribution >= 4 is 0 Å². The first kappa shape index (κ1) is 15.9. The van der Waals surface area contributed by atoms with Crippen molar-refractivity contribution in [1.29, 1.82) is 0 Å². The van der Waals surface area contributed by atoms with Crippen LogP contribution < -0.4 is 0 Å². The Morgan fingerprint density at radius 2 is 2.09 bits per heavy atom. The van der Waals surface area contributed by atoms with Crippen molar-refractivity contribution in [2.24, 2.45) is 23.2 Å². The molecule has 2 saturated heterocycles. The van der Waals surface area contributed by atoms with Crippen LogP contribution in [0, 0.1) is 35.0 Å². The minimum atomic E-state index is -0.290. The molecule has 3 nitrogen and oxygen atoms in total. The van der Waals surface area contributed by atoms with Gasteiger partial charge in [0.2, 0.25) is 0 Å². The van der Waals surface area contributed by atoms with Gasteiger partial charge in [-0.2, -0.15) is 0 Å². The Bertz CT molecular complexity index is 508. The average Bonchev–Trinajstić information content (AvgIpc) is 3.11. The minimum Gasteiger partial charge on any atom is -0.379 e. The predicted octanol–water partition coefficient (Wildman–Crippen LogP) is 2.55. The third-order valence-corrected chi connectivity index (χ3v) is 7.39. The van der Waals surface area contributed by atoms with Gasteiger partial charge in [0.05, 0.1) is 0 Å². The molecule has 1 saturated carbocycles. The topological polar surface area (TPSA) is 26.7 Å². The molecule has 0 aromatic rings. The molecular formula is C20H32N2O. The van der Waals surface area contributed by atoms with E-state index in [4.69, 9.17) is 0 Å². The molecule has 2 aliphatic heterocycles. The first-order valence-corrected chi connectivity index (χ1v) is 9.70. The van der Waals surface area contributed by atoms with E-state index >= 15 is 0 Å². The summed E-state index contributed by atoms with van der Waals surface area (Å²) in [5.41, 5.74) is 0.428. The van der Waals surface area contributed by atoms with E-state index in [1.165, 1.54) is 45.1 Å². The lowest BCUT2D eigenvalue weighted by Gasteiger charge is -2.41. The Balaban J connectivity index is 1.52. The van der Waals surface area contributed by atoms with Gasteiger partial charge < -0.3 is 10.0 Å². The molecule has 1 spiro atoms. The van der Waals surface area contributed by atoms with E-state index in [0.29, 0.717) is 11.3 Å². The van der Waals surface area contributed by atoms with Gasteiger partial charge >= 0.3 is 0 Å². The molecule has 2 aliphatic carbocycles. The van der Waals surface area contributed by atoms with Gasteiger partial charge in [0, 0.05) is 43.4 Å². The number of rotatable bonds is 2.